The molecule has 16 nitrogen and oxygen atoms in total. The van der Waals surface area contributed by atoms with Crippen molar-refractivity contribution in [2.24, 2.45) is 5.92 Å². The maximum Gasteiger partial charge on any atom is 0.271 e. The van der Waals surface area contributed by atoms with Crippen molar-refractivity contribution in [1.82, 2.24) is 56.1 Å². The smallest absolute Gasteiger partial charge is 0.271 e. The van der Waals surface area contributed by atoms with E-state index in [0.717, 1.165) is 5.56 Å². The summed E-state index contributed by atoms with van der Waals surface area (Å²) in [6, 6.07) is 13.7. The summed E-state index contributed by atoms with van der Waals surface area (Å²) in [6.07, 6.45) is 2.13. The quantitative estimate of drug-likeness (QED) is 0.203. The van der Waals surface area contributed by atoms with Gasteiger partial charge in [-0.1, -0.05) is 50.2 Å². The molecule has 274 valence electrons. The fraction of sp³-hybridized carbons (Fsp3) is 0.417. The molecule has 0 saturated heterocycles. The van der Waals surface area contributed by atoms with Crippen LogP contribution in [0.1, 0.15) is 67.4 Å². The Morgan fingerprint density at radius 2 is 1.69 bits per heavy atom. The van der Waals surface area contributed by atoms with Crippen LogP contribution in [0.5, 0.6) is 0 Å². The highest BCUT2D eigenvalue weighted by Gasteiger charge is 2.31. The first kappa shape index (κ1) is 37.3. The van der Waals surface area contributed by atoms with Gasteiger partial charge in [0.1, 0.15) is 35.8 Å². The lowest BCUT2D eigenvalue weighted by atomic mass is 10.0. The highest BCUT2D eigenvalue weighted by molar-refractivity contribution is 5.94. The number of aromatic nitrogens is 6. The third-order valence-corrected chi connectivity index (χ3v) is 8.59. The molecule has 4 aromatic rings. The van der Waals surface area contributed by atoms with Crippen molar-refractivity contribution in [1.29, 1.82) is 0 Å². The van der Waals surface area contributed by atoms with Crippen LogP contribution in [0.2, 0.25) is 0 Å². The van der Waals surface area contributed by atoms with Crippen LogP contribution >= 0.6 is 0 Å². The van der Waals surface area contributed by atoms with E-state index in [1.807, 2.05) is 50.2 Å². The summed E-state index contributed by atoms with van der Waals surface area (Å²) >= 11 is 0. The van der Waals surface area contributed by atoms with Crippen LogP contribution in [0, 0.1) is 12.8 Å². The first-order valence-electron chi connectivity index (χ1n) is 17.4. The first-order valence-corrected chi connectivity index (χ1v) is 17.4. The summed E-state index contributed by atoms with van der Waals surface area (Å²) in [4.78, 5) is 77.5. The van der Waals surface area contributed by atoms with E-state index in [4.69, 9.17) is 0 Å². The van der Waals surface area contributed by atoms with Crippen molar-refractivity contribution >= 4 is 29.5 Å². The molecule has 1 aliphatic heterocycles. The molecule has 0 unspecified atom stereocenters. The SMILES string of the molecule is Cc1nc2n(n1)CC(=O)NCCN(C(=O)c1cc(-c3ccccn3)n[nH]1)CCCC(=O)N[C@@H](C)C(=O)N[C@H](Cc1ccccc1)C(=O)N[C@H]2C(C)C. The number of aryl methyl sites for hydroxylation is 1. The van der Waals surface area contributed by atoms with Gasteiger partial charge in [0.25, 0.3) is 5.91 Å². The number of pyridine rings is 1. The molecule has 52 heavy (non-hydrogen) atoms. The summed E-state index contributed by atoms with van der Waals surface area (Å²) in [5, 5.41) is 22.9. The van der Waals surface area contributed by atoms with Gasteiger partial charge >= 0.3 is 0 Å². The van der Waals surface area contributed by atoms with E-state index in [-0.39, 0.29) is 68.9 Å². The van der Waals surface area contributed by atoms with Gasteiger partial charge < -0.3 is 26.2 Å². The van der Waals surface area contributed by atoms with Crippen molar-refractivity contribution in [3.63, 3.8) is 0 Å². The van der Waals surface area contributed by atoms with Gasteiger partial charge in [-0.15, -0.1) is 0 Å². The molecular formula is C36H45N11O5. The zero-order valence-corrected chi connectivity index (χ0v) is 29.8. The Labute approximate surface area is 301 Å². The summed E-state index contributed by atoms with van der Waals surface area (Å²) in [6.45, 7) is 7.32. The maximum atomic E-state index is 13.9. The lowest BCUT2D eigenvalue weighted by molar-refractivity contribution is -0.132. The van der Waals surface area contributed by atoms with E-state index in [1.165, 1.54) is 9.58 Å². The Morgan fingerprint density at radius 3 is 2.42 bits per heavy atom. The molecular weight excluding hydrogens is 666 g/mol. The molecule has 0 fully saturated rings. The van der Waals surface area contributed by atoms with Gasteiger partial charge in [-0.05, 0) is 49.9 Å². The number of rotatable bonds is 5. The zero-order chi connectivity index (χ0) is 37.2. The Morgan fingerprint density at radius 1 is 0.923 bits per heavy atom. The number of H-pyrrole nitrogens is 1. The number of amides is 5. The molecule has 0 radical (unpaired) electrons. The van der Waals surface area contributed by atoms with Gasteiger partial charge in [0.05, 0.1) is 11.7 Å². The van der Waals surface area contributed by atoms with Crippen LogP contribution in [0.15, 0.2) is 60.8 Å². The third kappa shape index (κ3) is 9.86. The number of aromatic amines is 1. The van der Waals surface area contributed by atoms with Crippen LogP contribution in [-0.2, 0) is 32.1 Å². The minimum Gasteiger partial charge on any atom is -0.353 e. The second-order valence-electron chi connectivity index (χ2n) is 13.1. The summed E-state index contributed by atoms with van der Waals surface area (Å²) in [5.74, 6) is -1.48. The van der Waals surface area contributed by atoms with Crippen molar-refractivity contribution in [2.45, 2.75) is 71.6 Å². The van der Waals surface area contributed by atoms with Crippen molar-refractivity contribution in [3.05, 3.63) is 83.7 Å². The second-order valence-corrected chi connectivity index (χ2v) is 13.1. The number of benzene rings is 1. The first-order chi connectivity index (χ1) is 25.0. The van der Waals surface area contributed by atoms with Gasteiger partial charge in [-0.25, -0.2) is 9.67 Å². The molecule has 5 rings (SSSR count). The molecule has 0 aliphatic carbocycles. The van der Waals surface area contributed by atoms with Gasteiger partial charge in [0, 0.05) is 38.7 Å². The van der Waals surface area contributed by atoms with Crippen LogP contribution < -0.4 is 21.3 Å². The monoisotopic (exact) mass is 711 g/mol. The third-order valence-electron chi connectivity index (χ3n) is 8.59. The largest absolute Gasteiger partial charge is 0.353 e. The minimum atomic E-state index is -0.984. The normalized spacial score (nSPS) is 19.9. The highest BCUT2D eigenvalue weighted by atomic mass is 16.2. The second kappa shape index (κ2) is 17.3. The zero-order valence-electron chi connectivity index (χ0n) is 29.8. The number of hydrogen-bond donors (Lipinski definition) is 5. The van der Waals surface area contributed by atoms with E-state index in [9.17, 15) is 24.0 Å². The molecule has 1 aromatic carbocycles. The predicted molar refractivity (Wildman–Crippen MR) is 190 cm³/mol. The van der Waals surface area contributed by atoms with E-state index >= 15 is 0 Å². The molecule has 0 saturated carbocycles. The van der Waals surface area contributed by atoms with Crippen LogP contribution in [0.3, 0.4) is 0 Å². The number of carbonyl (C=O) groups excluding carboxylic acids is 5. The molecule has 3 atom stereocenters. The summed E-state index contributed by atoms with van der Waals surface area (Å²) < 4.78 is 1.46. The van der Waals surface area contributed by atoms with E-state index < -0.39 is 35.8 Å². The van der Waals surface area contributed by atoms with Gasteiger partial charge in [-0.3, -0.25) is 34.1 Å². The Kier molecular flexibility index (Phi) is 12.4. The molecule has 0 spiro atoms. The molecule has 4 heterocycles. The summed E-state index contributed by atoms with van der Waals surface area (Å²) in [7, 11) is 0. The minimum absolute atomic E-state index is 0.0222. The average molecular weight is 712 g/mol. The summed E-state index contributed by atoms with van der Waals surface area (Å²) in [5.41, 5.74) is 2.15. The maximum absolute atomic E-state index is 13.9. The van der Waals surface area contributed by atoms with E-state index in [1.54, 1.807) is 38.2 Å². The van der Waals surface area contributed by atoms with Crippen LogP contribution in [-0.4, -0.2) is 96.1 Å². The lowest BCUT2D eigenvalue weighted by Crippen LogP contribution is -2.54. The van der Waals surface area contributed by atoms with Gasteiger partial charge in [0.15, 0.2) is 5.82 Å². The molecule has 5 N–H and O–H groups in total. The van der Waals surface area contributed by atoms with Crippen LogP contribution in [0.25, 0.3) is 11.4 Å². The number of nitrogens with zero attached hydrogens (tertiary/aromatic N) is 6. The standard InChI is InChI=1S/C36H45N11O5/c1-22(2)32-33-40-24(4)45-47(33)21-31(49)38-16-18-46(36(52)29-20-27(43-44-29)26-13-8-9-15-37-26)17-10-14-30(48)39-23(3)34(50)41-28(35(51)42-32)19-25-11-6-5-7-12-25/h5-9,11-13,15,20,22-23,28,32H,10,14,16-19,21H2,1-4H3,(H,38,49)(H,39,48)(H,41,50)(H,42,51)(H,43,44)/t23-,28+,32-/m0/s1. The van der Waals surface area contributed by atoms with Gasteiger partial charge in [0.2, 0.25) is 23.6 Å². The molecule has 0 bridgehead atoms. The number of fused-ring (bicyclic) bond motifs is 1. The van der Waals surface area contributed by atoms with Crippen LogP contribution in [0.4, 0.5) is 0 Å². The molecule has 1 aliphatic rings. The molecule has 5 amide bonds. The Hall–Kier alpha value is -5.93. The van der Waals surface area contributed by atoms with Crippen molar-refractivity contribution in [2.75, 3.05) is 19.6 Å². The average Bonchev–Trinajstić information content (AvgIpc) is 3.76. The number of carbonyl (C=O) groups is 5. The number of hydrogen-bond acceptors (Lipinski definition) is 9. The van der Waals surface area contributed by atoms with Gasteiger partial charge in [-0.2, -0.15) is 10.2 Å². The topological polar surface area (TPSA) is 209 Å². The fourth-order valence-corrected chi connectivity index (χ4v) is 5.85. The number of nitrogens with one attached hydrogen (secondary N) is 5. The van der Waals surface area contributed by atoms with E-state index in [0.29, 0.717) is 23.0 Å². The fourth-order valence-electron chi connectivity index (χ4n) is 5.85. The molecule has 16 heteroatoms. The van der Waals surface area contributed by atoms with E-state index in [2.05, 4.69) is 46.5 Å². The van der Waals surface area contributed by atoms with Crippen molar-refractivity contribution < 1.29 is 24.0 Å². The molecule has 3 aromatic heterocycles. The van der Waals surface area contributed by atoms with Crippen molar-refractivity contribution in [3.8, 4) is 11.4 Å². The Bertz CT molecular complexity index is 1860. The predicted octanol–water partition coefficient (Wildman–Crippen LogP) is 1.47. The highest BCUT2D eigenvalue weighted by Crippen LogP contribution is 2.21. The lowest BCUT2D eigenvalue weighted by Gasteiger charge is -2.27. The Balaban J connectivity index is 1.39.